The molecule has 2 aromatic rings. The van der Waals surface area contributed by atoms with Gasteiger partial charge in [-0.2, -0.15) is 0 Å². The van der Waals surface area contributed by atoms with E-state index < -0.39 is 10.0 Å². The summed E-state index contributed by atoms with van der Waals surface area (Å²) < 4.78 is 37.3. The summed E-state index contributed by atoms with van der Waals surface area (Å²) in [6.45, 7) is 3.30. The molecule has 0 unspecified atom stereocenters. The van der Waals surface area contributed by atoms with Crippen molar-refractivity contribution >= 4 is 27.0 Å². The molecule has 0 aliphatic carbocycles. The molecule has 0 bridgehead atoms. The minimum Gasteiger partial charge on any atom is -0.356 e. The predicted molar refractivity (Wildman–Crippen MR) is 81.2 cm³/mol. The first-order valence-electron chi connectivity index (χ1n) is 6.74. The first-order chi connectivity index (χ1) is 9.90. The molecule has 2 rings (SSSR count). The summed E-state index contributed by atoms with van der Waals surface area (Å²) in [6.07, 6.45) is 1.87. The van der Waals surface area contributed by atoms with E-state index >= 15 is 0 Å². The second-order valence-corrected chi connectivity index (χ2v) is 6.76. The van der Waals surface area contributed by atoms with Crippen LogP contribution in [0.25, 0.3) is 11.0 Å². The molecule has 0 aliphatic heterocycles. The van der Waals surface area contributed by atoms with Crippen LogP contribution >= 0.6 is 0 Å². The molecule has 8 heteroatoms. The average Bonchev–Trinajstić information content (AvgIpc) is 2.79. The third-order valence-electron chi connectivity index (χ3n) is 3.14. The van der Waals surface area contributed by atoms with Crippen LogP contribution in [0, 0.1) is 5.82 Å². The molecule has 0 spiro atoms. The van der Waals surface area contributed by atoms with Gasteiger partial charge in [-0.15, -0.1) is 0 Å². The van der Waals surface area contributed by atoms with Crippen molar-refractivity contribution in [2.24, 2.45) is 0 Å². The van der Waals surface area contributed by atoms with E-state index in [9.17, 15) is 12.8 Å². The van der Waals surface area contributed by atoms with Crippen LogP contribution in [0.1, 0.15) is 13.3 Å². The second-order valence-electron chi connectivity index (χ2n) is 4.78. The van der Waals surface area contributed by atoms with Gasteiger partial charge < -0.3 is 10.3 Å². The van der Waals surface area contributed by atoms with E-state index in [4.69, 9.17) is 0 Å². The van der Waals surface area contributed by atoms with Crippen molar-refractivity contribution < 1.29 is 12.8 Å². The number of nitrogens with one attached hydrogen (secondary N) is 2. The van der Waals surface area contributed by atoms with Gasteiger partial charge in [0.05, 0.1) is 17.3 Å². The summed E-state index contributed by atoms with van der Waals surface area (Å²) >= 11 is 0. The van der Waals surface area contributed by atoms with Crippen molar-refractivity contribution in [3.8, 4) is 0 Å². The van der Waals surface area contributed by atoms with Crippen LogP contribution in [-0.2, 0) is 10.0 Å². The van der Waals surface area contributed by atoms with Crippen LogP contribution in [0.3, 0.4) is 0 Å². The van der Waals surface area contributed by atoms with E-state index in [1.54, 1.807) is 6.07 Å². The van der Waals surface area contributed by atoms with Gasteiger partial charge in [-0.05, 0) is 24.6 Å². The van der Waals surface area contributed by atoms with Crippen LogP contribution in [0.2, 0.25) is 0 Å². The number of H-pyrrole nitrogens is 1. The van der Waals surface area contributed by atoms with Gasteiger partial charge in [0, 0.05) is 19.6 Å². The molecule has 116 valence electrons. The molecule has 1 heterocycles. The maximum absolute atomic E-state index is 13.1. The van der Waals surface area contributed by atoms with Gasteiger partial charge in [0.15, 0.2) is 0 Å². The summed E-state index contributed by atoms with van der Waals surface area (Å²) in [6, 6.07) is 4.35. The summed E-state index contributed by atoms with van der Waals surface area (Å²) in [4.78, 5) is 7.25. The van der Waals surface area contributed by atoms with E-state index in [1.165, 1.54) is 22.7 Å². The van der Waals surface area contributed by atoms with Gasteiger partial charge in [-0.25, -0.2) is 22.1 Å². The second kappa shape index (κ2) is 6.40. The summed E-state index contributed by atoms with van der Waals surface area (Å²) in [5.41, 5.74) is 1.31. The zero-order chi connectivity index (χ0) is 15.5. The van der Waals surface area contributed by atoms with Gasteiger partial charge >= 0.3 is 0 Å². The molecular formula is C13H19FN4O2S. The fraction of sp³-hybridized carbons (Fsp3) is 0.462. The molecule has 2 N–H and O–H groups in total. The zero-order valence-electron chi connectivity index (χ0n) is 12.1. The lowest BCUT2D eigenvalue weighted by Crippen LogP contribution is -2.31. The lowest BCUT2D eigenvalue weighted by Gasteiger charge is -2.17. The SMILES string of the molecule is CCN(CCCNc1nc2ccc(F)cc2[nH]1)S(C)(=O)=O. The topological polar surface area (TPSA) is 78.1 Å². The normalized spacial score (nSPS) is 12.2. The number of halogens is 1. The fourth-order valence-electron chi connectivity index (χ4n) is 2.09. The van der Waals surface area contributed by atoms with Crippen molar-refractivity contribution in [1.82, 2.24) is 14.3 Å². The minimum absolute atomic E-state index is 0.315. The fourth-order valence-corrected chi connectivity index (χ4v) is 3.02. The molecular weight excluding hydrogens is 295 g/mol. The van der Waals surface area contributed by atoms with Crippen LogP contribution in [0.4, 0.5) is 10.3 Å². The number of anilines is 1. The third kappa shape index (κ3) is 4.15. The first kappa shape index (κ1) is 15.7. The molecule has 0 saturated heterocycles. The van der Waals surface area contributed by atoms with Crippen molar-refractivity contribution in [2.75, 3.05) is 31.2 Å². The lowest BCUT2D eigenvalue weighted by molar-refractivity contribution is 0.428. The van der Waals surface area contributed by atoms with Crippen molar-refractivity contribution in [2.45, 2.75) is 13.3 Å². The van der Waals surface area contributed by atoms with Crippen molar-refractivity contribution in [3.63, 3.8) is 0 Å². The standard InChI is InChI=1S/C13H19FN4O2S/c1-3-18(21(2,19)20)8-4-7-15-13-16-11-6-5-10(14)9-12(11)17-13/h5-6,9H,3-4,7-8H2,1-2H3,(H2,15,16,17). The number of sulfonamides is 1. The Bertz CT molecular complexity index is 714. The number of aromatic amines is 1. The largest absolute Gasteiger partial charge is 0.356 e. The Kier molecular flexibility index (Phi) is 4.79. The summed E-state index contributed by atoms with van der Waals surface area (Å²) in [7, 11) is -3.14. The monoisotopic (exact) mass is 314 g/mol. The predicted octanol–water partition coefficient (Wildman–Crippen LogP) is 1.79. The number of hydrogen-bond acceptors (Lipinski definition) is 4. The number of benzene rings is 1. The van der Waals surface area contributed by atoms with Crippen LogP contribution in [-0.4, -0.2) is 48.6 Å². The highest BCUT2D eigenvalue weighted by Gasteiger charge is 2.13. The molecule has 1 aromatic carbocycles. The zero-order valence-corrected chi connectivity index (χ0v) is 12.9. The molecule has 21 heavy (non-hydrogen) atoms. The summed E-state index contributed by atoms with van der Waals surface area (Å²) in [5, 5.41) is 3.07. The minimum atomic E-state index is -3.14. The Morgan fingerprint density at radius 1 is 1.43 bits per heavy atom. The number of imidazole rings is 1. The van der Waals surface area contributed by atoms with Gasteiger partial charge in [0.2, 0.25) is 16.0 Å². The average molecular weight is 314 g/mol. The molecule has 6 nitrogen and oxygen atoms in total. The molecule has 1 aromatic heterocycles. The van der Waals surface area contributed by atoms with Gasteiger partial charge in [0.25, 0.3) is 0 Å². The van der Waals surface area contributed by atoms with Gasteiger partial charge in [-0.3, -0.25) is 0 Å². The molecule has 0 radical (unpaired) electrons. The van der Waals surface area contributed by atoms with Crippen LogP contribution < -0.4 is 5.32 Å². The first-order valence-corrected chi connectivity index (χ1v) is 8.59. The molecule has 0 aliphatic rings. The van der Waals surface area contributed by atoms with E-state index in [1.807, 2.05) is 6.92 Å². The number of nitrogens with zero attached hydrogens (tertiary/aromatic N) is 2. The molecule has 0 amide bonds. The number of fused-ring (bicyclic) bond motifs is 1. The molecule has 0 atom stereocenters. The maximum Gasteiger partial charge on any atom is 0.211 e. The van der Waals surface area contributed by atoms with E-state index in [-0.39, 0.29) is 5.82 Å². The Hall–Kier alpha value is -1.67. The Balaban J connectivity index is 1.88. The summed E-state index contributed by atoms with van der Waals surface area (Å²) in [5.74, 6) is 0.238. The Morgan fingerprint density at radius 3 is 2.86 bits per heavy atom. The van der Waals surface area contributed by atoms with Crippen LogP contribution in [0.5, 0.6) is 0 Å². The highest BCUT2D eigenvalue weighted by Crippen LogP contribution is 2.15. The Labute approximate surface area is 123 Å². The van der Waals surface area contributed by atoms with Gasteiger partial charge in [0.1, 0.15) is 5.82 Å². The number of aromatic nitrogens is 2. The molecule has 0 saturated carbocycles. The number of rotatable bonds is 7. The van der Waals surface area contributed by atoms with Crippen LogP contribution in [0.15, 0.2) is 18.2 Å². The van der Waals surface area contributed by atoms with Gasteiger partial charge in [-0.1, -0.05) is 6.92 Å². The van der Waals surface area contributed by atoms with Crippen molar-refractivity contribution in [1.29, 1.82) is 0 Å². The smallest absolute Gasteiger partial charge is 0.211 e. The quantitative estimate of drug-likeness (QED) is 0.764. The molecule has 0 fully saturated rings. The number of hydrogen-bond donors (Lipinski definition) is 2. The maximum atomic E-state index is 13.1. The van der Waals surface area contributed by atoms with E-state index in [0.29, 0.717) is 43.0 Å². The lowest BCUT2D eigenvalue weighted by atomic mass is 10.3. The van der Waals surface area contributed by atoms with E-state index in [0.717, 1.165) is 0 Å². The Morgan fingerprint density at radius 2 is 2.19 bits per heavy atom. The van der Waals surface area contributed by atoms with Crippen molar-refractivity contribution in [3.05, 3.63) is 24.0 Å². The highest BCUT2D eigenvalue weighted by molar-refractivity contribution is 7.88. The third-order valence-corrected chi connectivity index (χ3v) is 4.52. The highest BCUT2D eigenvalue weighted by atomic mass is 32.2. The van der Waals surface area contributed by atoms with E-state index in [2.05, 4.69) is 15.3 Å².